The van der Waals surface area contributed by atoms with E-state index in [2.05, 4.69) is 10.0 Å². The summed E-state index contributed by atoms with van der Waals surface area (Å²) in [6, 6.07) is 9.53. The van der Waals surface area contributed by atoms with Crippen molar-refractivity contribution in [1.82, 2.24) is 0 Å². The standard InChI is InChI=1S/C17H21N3O2/c1-2-3-10-17(11-9-15(12-17)19-20-18)16(21)22-13-14-7-5-4-6-8-14/h2-8,15H,9-13H2,1H3/t15-,17?/m1/s1. The maximum Gasteiger partial charge on any atom is 0.312 e. The smallest absolute Gasteiger partial charge is 0.312 e. The van der Waals surface area contributed by atoms with Crippen molar-refractivity contribution in [2.24, 2.45) is 10.5 Å². The molecule has 0 aliphatic heterocycles. The fourth-order valence-electron chi connectivity index (χ4n) is 2.94. The molecular weight excluding hydrogens is 278 g/mol. The number of nitrogens with zero attached hydrogens (tertiary/aromatic N) is 3. The first-order chi connectivity index (χ1) is 10.7. The van der Waals surface area contributed by atoms with Crippen LogP contribution in [0.3, 0.4) is 0 Å². The largest absolute Gasteiger partial charge is 0.460 e. The lowest BCUT2D eigenvalue weighted by atomic mass is 9.82. The Bertz CT molecular complexity index is 579. The Kier molecular flexibility index (Phi) is 5.61. The monoisotopic (exact) mass is 299 g/mol. The number of benzene rings is 1. The highest BCUT2D eigenvalue weighted by atomic mass is 16.5. The average Bonchev–Trinajstić information content (AvgIpc) is 2.96. The molecule has 0 radical (unpaired) electrons. The third-order valence-corrected chi connectivity index (χ3v) is 4.19. The van der Waals surface area contributed by atoms with Crippen molar-refractivity contribution in [3.8, 4) is 0 Å². The number of allylic oxidation sites excluding steroid dienone is 2. The van der Waals surface area contributed by atoms with E-state index in [1.165, 1.54) is 0 Å². The van der Waals surface area contributed by atoms with Gasteiger partial charge in [0.15, 0.2) is 0 Å². The Morgan fingerprint density at radius 2 is 2.27 bits per heavy atom. The van der Waals surface area contributed by atoms with Crippen molar-refractivity contribution in [3.05, 3.63) is 58.5 Å². The zero-order valence-electron chi connectivity index (χ0n) is 12.8. The van der Waals surface area contributed by atoms with Crippen LogP contribution in [-0.4, -0.2) is 12.0 Å². The number of hydrogen-bond acceptors (Lipinski definition) is 3. The van der Waals surface area contributed by atoms with Gasteiger partial charge in [0, 0.05) is 11.0 Å². The molecule has 0 bridgehead atoms. The topological polar surface area (TPSA) is 75.1 Å². The van der Waals surface area contributed by atoms with Gasteiger partial charge in [-0.3, -0.25) is 4.79 Å². The summed E-state index contributed by atoms with van der Waals surface area (Å²) in [5.74, 6) is -0.190. The predicted molar refractivity (Wildman–Crippen MR) is 84.9 cm³/mol. The van der Waals surface area contributed by atoms with Gasteiger partial charge in [-0.1, -0.05) is 47.6 Å². The number of hydrogen-bond donors (Lipinski definition) is 0. The number of rotatable bonds is 6. The summed E-state index contributed by atoms with van der Waals surface area (Å²) in [6.07, 6.45) is 6.57. The molecular formula is C17H21N3O2. The minimum absolute atomic E-state index is 0.112. The van der Waals surface area contributed by atoms with Crippen LogP contribution in [0.1, 0.15) is 38.2 Å². The Hall–Kier alpha value is -2.26. The molecule has 0 N–H and O–H groups in total. The van der Waals surface area contributed by atoms with Crippen molar-refractivity contribution < 1.29 is 9.53 Å². The molecule has 1 aromatic carbocycles. The highest BCUT2D eigenvalue weighted by Gasteiger charge is 2.45. The van der Waals surface area contributed by atoms with Gasteiger partial charge in [-0.15, -0.1) is 0 Å². The molecule has 1 aromatic rings. The van der Waals surface area contributed by atoms with E-state index in [0.29, 0.717) is 19.3 Å². The number of carbonyl (C=O) groups excluding carboxylic acids is 1. The minimum Gasteiger partial charge on any atom is -0.460 e. The van der Waals surface area contributed by atoms with Gasteiger partial charge >= 0.3 is 5.97 Å². The second-order valence-electron chi connectivity index (χ2n) is 5.72. The number of ether oxygens (including phenoxy) is 1. The SMILES string of the molecule is CC=CCC1(C(=O)OCc2ccccc2)CC[C@@H](N=[N+]=[N-])C1. The fraction of sp³-hybridized carbons (Fsp3) is 0.471. The van der Waals surface area contributed by atoms with E-state index in [1.54, 1.807) is 0 Å². The van der Waals surface area contributed by atoms with Crippen LogP contribution < -0.4 is 0 Å². The first-order valence-corrected chi connectivity index (χ1v) is 7.57. The molecule has 1 aliphatic carbocycles. The molecule has 2 rings (SSSR count). The molecule has 1 unspecified atom stereocenters. The van der Waals surface area contributed by atoms with E-state index in [9.17, 15) is 4.79 Å². The second kappa shape index (κ2) is 7.66. The average molecular weight is 299 g/mol. The Morgan fingerprint density at radius 1 is 1.50 bits per heavy atom. The van der Waals surface area contributed by atoms with E-state index in [4.69, 9.17) is 10.3 Å². The van der Waals surface area contributed by atoms with Crippen LogP contribution in [0.25, 0.3) is 10.4 Å². The summed E-state index contributed by atoms with van der Waals surface area (Å²) in [5, 5.41) is 3.78. The third-order valence-electron chi connectivity index (χ3n) is 4.19. The van der Waals surface area contributed by atoms with E-state index in [1.807, 2.05) is 49.4 Å². The highest BCUT2D eigenvalue weighted by Crippen LogP contribution is 2.44. The van der Waals surface area contributed by atoms with Crippen LogP contribution in [0.2, 0.25) is 0 Å². The van der Waals surface area contributed by atoms with Gasteiger partial charge in [0.25, 0.3) is 0 Å². The zero-order valence-corrected chi connectivity index (χ0v) is 12.8. The van der Waals surface area contributed by atoms with Crippen LogP contribution in [0.4, 0.5) is 0 Å². The molecule has 116 valence electrons. The third kappa shape index (κ3) is 3.89. The molecule has 0 saturated heterocycles. The summed E-state index contributed by atoms with van der Waals surface area (Å²) < 4.78 is 5.53. The van der Waals surface area contributed by atoms with Crippen molar-refractivity contribution in [3.63, 3.8) is 0 Å². The maximum atomic E-state index is 12.6. The molecule has 0 aromatic heterocycles. The number of carbonyl (C=O) groups is 1. The molecule has 1 saturated carbocycles. The summed E-state index contributed by atoms with van der Waals surface area (Å²) >= 11 is 0. The van der Waals surface area contributed by atoms with E-state index < -0.39 is 5.41 Å². The van der Waals surface area contributed by atoms with Gasteiger partial charge in [0.2, 0.25) is 0 Å². The van der Waals surface area contributed by atoms with E-state index >= 15 is 0 Å². The van der Waals surface area contributed by atoms with Crippen molar-refractivity contribution in [1.29, 1.82) is 0 Å². The summed E-state index contributed by atoms with van der Waals surface area (Å²) in [4.78, 5) is 15.5. The molecule has 0 heterocycles. The number of esters is 1. The lowest BCUT2D eigenvalue weighted by Gasteiger charge is -2.25. The first kappa shape index (κ1) is 16.1. The molecule has 2 atom stereocenters. The second-order valence-corrected chi connectivity index (χ2v) is 5.72. The van der Waals surface area contributed by atoms with Crippen LogP contribution in [0, 0.1) is 5.41 Å². The van der Waals surface area contributed by atoms with Gasteiger partial charge in [-0.2, -0.15) is 0 Å². The molecule has 1 aliphatic rings. The Morgan fingerprint density at radius 3 is 2.95 bits per heavy atom. The van der Waals surface area contributed by atoms with Crippen LogP contribution >= 0.6 is 0 Å². The van der Waals surface area contributed by atoms with Crippen molar-refractivity contribution in [2.45, 2.75) is 45.3 Å². The molecule has 1 fully saturated rings. The van der Waals surface area contributed by atoms with Crippen LogP contribution in [0.15, 0.2) is 47.6 Å². The summed E-state index contributed by atoms with van der Waals surface area (Å²) in [5.41, 5.74) is 9.01. The highest BCUT2D eigenvalue weighted by molar-refractivity contribution is 5.77. The van der Waals surface area contributed by atoms with Gasteiger partial charge in [-0.05, 0) is 43.7 Å². The molecule has 0 spiro atoms. The molecule has 5 heteroatoms. The maximum absolute atomic E-state index is 12.6. The zero-order chi connectivity index (χ0) is 15.8. The van der Waals surface area contributed by atoms with E-state index in [-0.39, 0.29) is 18.6 Å². The van der Waals surface area contributed by atoms with Crippen LogP contribution in [0.5, 0.6) is 0 Å². The lowest BCUT2D eigenvalue weighted by Crippen LogP contribution is -2.30. The molecule has 22 heavy (non-hydrogen) atoms. The molecule has 0 amide bonds. The predicted octanol–water partition coefficient (Wildman–Crippen LogP) is 4.55. The number of azide groups is 1. The normalized spacial score (nSPS) is 24.1. The fourth-order valence-corrected chi connectivity index (χ4v) is 2.94. The lowest BCUT2D eigenvalue weighted by molar-refractivity contribution is -0.157. The first-order valence-electron chi connectivity index (χ1n) is 7.57. The summed E-state index contributed by atoms with van der Waals surface area (Å²) in [7, 11) is 0. The summed E-state index contributed by atoms with van der Waals surface area (Å²) in [6.45, 7) is 2.21. The van der Waals surface area contributed by atoms with Gasteiger partial charge < -0.3 is 4.74 Å². The van der Waals surface area contributed by atoms with Crippen molar-refractivity contribution in [2.75, 3.05) is 0 Å². The van der Waals surface area contributed by atoms with E-state index in [0.717, 1.165) is 12.0 Å². The molecule has 5 nitrogen and oxygen atoms in total. The van der Waals surface area contributed by atoms with Gasteiger partial charge in [0.1, 0.15) is 6.61 Å². The van der Waals surface area contributed by atoms with Crippen LogP contribution in [-0.2, 0) is 16.1 Å². The quantitative estimate of drug-likeness (QED) is 0.254. The van der Waals surface area contributed by atoms with Crippen molar-refractivity contribution >= 4 is 5.97 Å². The Balaban J connectivity index is 2.05. The van der Waals surface area contributed by atoms with Gasteiger partial charge in [-0.25, -0.2) is 0 Å². The minimum atomic E-state index is -0.555. The van der Waals surface area contributed by atoms with Gasteiger partial charge in [0.05, 0.1) is 5.41 Å². The Labute approximate surface area is 130 Å².